The Morgan fingerprint density at radius 2 is 2.20 bits per heavy atom. The van der Waals surface area contributed by atoms with Gasteiger partial charge in [0.25, 0.3) is 5.91 Å². The Morgan fingerprint density at radius 3 is 2.80 bits per heavy atom. The summed E-state index contributed by atoms with van der Waals surface area (Å²) in [4.78, 5) is 14.0. The number of hydrogen-bond donors (Lipinski definition) is 1. The first-order valence-corrected chi connectivity index (χ1v) is 6.48. The summed E-state index contributed by atoms with van der Waals surface area (Å²) in [5, 5.41) is 7.27. The van der Waals surface area contributed by atoms with Crippen LogP contribution in [0.15, 0.2) is 24.4 Å². The summed E-state index contributed by atoms with van der Waals surface area (Å²) in [5.74, 6) is 0.445. The number of aromatic amines is 1. The minimum Gasteiger partial charge on any atom is -0.497 e. The van der Waals surface area contributed by atoms with E-state index < -0.39 is 0 Å². The highest BCUT2D eigenvalue weighted by Crippen LogP contribution is 2.22. The molecule has 0 saturated carbocycles. The van der Waals surface area contributed by atoms with Crippen LogP contribution in [0, 0.1) is 6.92 Å². The first-order chi connectivity index (χ1) is 9.51. The molecule has 2 aromatic rings. The Labute approximate surface area is 122 Å². The molecule has 0 fully saturated rings. The van der Waals surface area contributed by atoms with Gasteiger partial charge in [-0.15, -0.1) is 0 Å². The van der Waals surface area contributed by atoms with Gasteiger partial charge in [-0.05, 0) is 25.1 Å². The first kappa shape index (κ1) is 14.4. The molecule has 0 unspecified atom stereocenters. The Hall–Kier alpha value is -2.01. The number of aromatic nitrogens is 2. The van der Waals surface area contributed by atoms with Gasteiger partial charge in [0.05, 0.1) is 13.3 Å². The van der Waals surface area contributed by atoms with Gasteiger partial charge in [0.1, 0.15) is 5.75 Å². The van der Waals surface area contributed by atoms with Crippen LogP contribution in [0.3, 0.4) is 0 Å². The highest BCUT2D eigenvalue weighted by atomic mass is 35.5. The topological polar surface area (TPSA) is 58.2 Å². The number of ether oxygens (including phenoxy) is 1. The van der Waals surface area contributed by atoms with Gasteiger partial charge >= 0.3 is 0 Å². The van der Waals surface area contributed by atoms with E-state index in [4.69, 9.17) is 16.3 Å². The smallest absolute Gasteiger partial charge is 0.254 e. The van der Waals surface area contributed by atoms with E-state index in [2.05, 4.69) is 10.2 Å². The van der Waals surface area contributed by atoms with Gasteiger partial charge in [-0.3, -0.25) is 9.89 Å². The molecule has 0 spiro atoms. The lowest BCUT2D eigenvalue weighted by Crippen LogP contribution is -2.26. The van der Waals surface area contributed by atoms with Crippen LogP contribution in [0.4, 0.5) is 0 Å². The molecule has 0 radical (unpaired) electrons. The van der Waals surface area contributed by atoms with Gasteiger partial charge in [0.2, 0.25) is 0 Å². The van der Waals surface area contributed by atoms with Crippen molar-refractivity contribution < 1.29 is 9.53 Å². The van der Waals surface area contributed by atoms with Crippen molar-refractivity contribution >= 4 is 17.5 Å². The minimum atomic E-state index is -0.119. The molecule has 1 aromatic heterocycles. The van der Waals surface area contributed by atoms with E-state index in [1.165, 1.54) is 0 Å². The average Bonchev–Trinajstić information content (AvgIpc) is 2.82. The maximum absolute atomic E-state index is 12.4. The molecule has 5 nitrogen and oxygen atoms in total. The van der Waals surface area contributed by atoms with Gasteiger partial charge in [-0.25, -0.2) is 0 Å². The lowest BCUT2D eigenvalue weighted by Gasteiger charge is -2.17. The average molecular weight is 294 g/mol. The third kappa shape index (κ3) is 3.11. The zero-order valence-corrected chi connectivity index (χ0v) is 12.4. The van der Waals surface area contributed by atoms with Crippen molar-refractivity contribution in [1.82, 2.24) is 15.1 Å². The molecule has 0 aliphatic rings. The molecule has 1 heterocycles. The normalized spacial score (nSPS) is 10.4. The number of methoxy groups -OCH3 is 1. The Kier molecular flexibility index (Phi) is 4.29. The molecule has 1 amide bonds. The van der Waals surface area contributed by atoms with E-state index in [0.717, 1.165) is 11.3 Å². The zero-order chi connectivity index (χ0) is 14.7. The van der Waals surface area contributed by atoms with E-state index in [0.29, 0.717) is 22.9 Å². The molecule has 0 atom stereocenters. The van der Waals surface area contributed by atoms with Crippen LogP contribution in [-0.4, -0.2) is 35.2 Å². The SMILES string of the molecule is COc1cc(Cl)cc(C(=O)N(C)Cc2cn[nH]c2C)c1. The molecule has 106 valence electrons. The molecular weight excluding hydrogens is 278 g/mol. The number of carbonyl (C=O) groups is 1. The van der Waals surface area contributed by atoms with Crippen LogP contribution >= 0.6 is 11.6 Å². The first-order valence-electron chi connectivity index (χ1n) is 6.10. The van der Waals surface area contributed by atoms with E-state index in [1.54, 1.807) is 43.5 Å². The maximum Gasteiger partial charge on any atom is 0.254 e. The van der Waals surface area contributed by atoms with E-state index in [1.807, 2.05) is 6.92 Å². The van der Waals surface area contributed by atoms with Gasteiger partial charge in [-0.2, -0.15) is 5.10 Å². The number of nitrogens with zero attached hydrogens (tertiary/aromatic N) is 2. The quantitative estimate of drug-likeness (QED) is 0.943. The minimum absolute atomic E-state index is 0.119. The van der Waals surface area contributed by atoms with Crippen LogP contribution in [0.25, 0.3) is 0 Å². The predicted molar refractivity (Wildman–Crippen MR) is 77.1 cm³/mol. The number of carbonyl (C=O) groups excluding carboxylic acids is 1. The molecule has 20 heavy (non-hydrogen) atoms. The molecule has 2 rings (SSSR count). The van der Waals surface area contributed by atoms with Gasteiger partial charge in [0.15, 0.2) is 0 Å². The number of aryl methyl sites for hydroxylation is 1. The van der Waals surface area contributed by atoms with Crippen molar-refractivity contribution in [2.24, 2.45) is 0 Å². The van der Waals surface area contributed by atoms with Crippen molar-refractivity contribution in [2.75, 3.05) is 14.2 Å². The number of amides is 1. The predicted octanol–water partition coefficient (Wildman–Crippen LogP) is 2.65. The fraction of sp³-hybridized carbons (Fsp3) is 0.286. The van der Waals surface area contributed by atoms with Crippen LogP contribution < -0.4 is 4.74 Å². The molecule has 1 N–H and O–H groups in total. The van der Waals surface area contributed by atoms with Crippen molar-refractivity contribution in [3.63, 3.8) is 0 Å². The largest absolute Gasteiger partial charge is 0.497 e. The fourth-order valence-electron chi connectivity index (χ4n) is 1.89. The van der Waals surface area contributed by atoms with Crippen molar-refractivity contribution in [3.8, 4) is 5.75 Å². The lowest BCUT2D eigenvalue weighted by molar-refractivity contribution is 0.0784. The highest BCUT2D eigenvalue weighted by Gasteiger charge is 2.15. The van der Waals surface area contributed by atoms with Crippen molar-refractivity contribution in [1.29, 1.82) is 0 Å². The number of benzene rings is 1. The molecule has 1 aromatic carbocycles. The fourth-order valence-corrected chi connectivity index (χ4v) is 2.11. The summed E-state index contributed by atoms with van der Waals surface area (Å²) in [6.45, 7) is 2.40. The van der Waals surface area contributed by atoms with Gasteiger partial charge in [-0.1, -0.05) is 11.6 Å². The van der Waals surface area contributed by atoms with Crippen molar-refractivity contribution in [2.45, 2.75) is 13.5 Å². The number of hydrogen-bond acceptors (Lipinski definition) is 3. The maximum atomic E-state index is 12.4. The highest BCUT2D eigenvalue weighted by molar-refractivity contribution is 6.31. The van der Waals surface area contributed by atoms with E-state index >= 15 is 0 Å². The summed E-state index contributed by atoms with van der Waals surface area (Å²) in [6, 6.07) is 4.97. The van der Waals surface area contributed by atoms with Crippen molar-refractivity contribution in [3.05, 3.63) is 46.2 Å². The third-order valence-corrected chi connectivity index (χ3v) is 3.26. The summed E-state index contributed by atoms with van der Waals surface area (Å²) >= 11 is 5.98. The van der Waals surface area contributed by atoms with E-state index in [9.17, 15) is 4.79 Å². The second-order valence-corrected chi connectivity index (χ2v) is 5.00. The van der Waals surface area contributed by atoms with Crippen LogP contribution in [0.1, 0.15) is 21.6 Å². The number of H-pyrrole nitrogens is 1. The lowest BCUT2D eigenvalue weighted by atomic mass is 10.1. The van der Waals surface area contributed by atoms with Gasteiger partial charge in [0, 0.05) is 35.4 Å². The molecular formula is C14H16ClN3O2. The Bertz CT molecular complexity index is 625. The second-order valence-electron chi connectivity index (χ2n) is 4.56. The number of rotatable bonds is 4. The summed E-state index contributed by atoms with van der Waals surface area (Å²) in [7, 11) is 3.28. The summed E-state index contributed by atoms with van der Waals surface area (Å²) in [5.41, 5.74) is 2.43. The monoisotopic (exact) mass is 293 g/mol. The molecule has 0 bridgehead atoms. The number of nitrogens with one attached hydrogen (secondary N) is 1. The summed E-state index contributed by atoms with van der Waals surface area (Å²) < 4.78 is 5.12. The third-order valence-electron chi connectivity index (χ3n) is 3.04. The standard InChI is InChI=1S/C14H16ClN3O2/c1-9-11(7-16-17-9)8-18(2)14(19)10-4-12(15)6-13(5-10)20-3/h4-7H,8H2,1-3H3,(H,16,17). The second kappa shape index (κ2) is 5.96. The number of halogens is 1. The van der Waals surface area contributed by atoms with Crippen LogP contribution in [-0.2, 0) is 6.54 Å². The molecule has 6 heteroatoms. The van der Waals surface area contributed by atoms with E-state index in [-0.39, 0.29) is 5.91 Å². The zero-order valence-electron chi connectivity index (χ0n) is 11.6. The molecule has 0 aliphatic carbocycles. The molecule has 0 saturated heterocycles. The van der Waals surface area contributed by atoms with Crippen LogP contribution in [0.5, 0.6) is 5.75 Å². The Morgan fingerprint density at radius 1 is 1.45 bits per heavy atom. The summed E-state index contributed by atoms with van der Waals surface area (Å²) in [6.07, 6.45) is 1.72. The Balaban J connectivity index is 2.18. The molecule has 0 aliphatic heterocycles. The van der Waals surface area contributed by atoms with Crippen LogP contribution in [0.2, 0.25) is 5.02 Å². The van der Waals surface area contributed by atoms with Gasteiger partial charge < -0.3 is 9.64 Å².